The molecular weight excluding hydrogens is 1330 g/mol. The molecule has 15 N–H and O–H groups in total. The fraction of sp³-hybridized carbons (Fsp3) is 0.534. The van der Waals surface area contributed by atoms with Crippen molar-refractivity contribution in [2.75, 3.05) is 26.2 Å². The average molecular weight is 1450 g/mol. The third-order valence-corrected chi connectivity index (χ3v) is 14.4. The van der Waals surface area contributed by atoms with E-state index in [0.29, 0.717) is 55.7 Å². The maximum atomic E-state index is 11.8. The minimum Gasteiger partial charge on any atom is -0.870 e. The SMILES string of the molecule is C.C.C.O.O=C(NCCCCCCCCC(C(=O)O)C(=O)O)c1ccccc1O.O=C(O)CCCCCCCCCNC(=O)c1ccccc1O.O=C(O)CCCCCCCCCNC(=O)c1ccccc1O.O=C([O-])CCCCCCCCCNC(=O)c1ccccc1O.O=C=O.[Na+].[Na+].[OH-]. The Morgan fingerprint density at radius 3 is 0.723 bits per heavy atom. The Bertz CT molecular complexity index is 2640. The molecular formula is C73H114N4Na2O22. The molecule has 28 heteroatoms. The predicted octanol–water partition coefficient (Wildman–Crippen LogP) is 5.62. The van der Waals surface area contributed by atoms with E-state index in [-0.39, 0.29) is 176 Å². The molecule has 4 aromatic rings. The number of phenols is 4. The number of aliphatic carboxylic acids is 5. The minimum atomic E-state index is -1.32. The van der Waals surface area contributed by atoms with Crippen LogP contribution < -0.4 is 85.5 Å². The number of benzene rings is 4. The van der Waals surface area contributed by atoms with Gasteiger partial charge in [0.05, 0.1) is 22.3 Å². The summed E-state index contributed by atoms with van der Waals surface area (Å²) in [6.45, 7) is 2.32. The molecule has 0 radical (unpaired) electrons. The summed E-state index contributed by atoms with van der Waals surface area (Å²) < 4.78 is 0. The first kappa shape index (κ1) is 110. The van der Waals surface area contributed by atoms with Gasteiger partial charge in [0.15, 0.2) is 5.92 Å². The number of unbranched alkanes of at least 4 members (excludes halogenated alkanes) is 23. The van der Waals surface area contributed by atoms with E-state index in [4.69, 9.17) is 30.0 Å². The summed E-state index contributed by atoms with van der Waals surface area (Å²) in [5.74, 6) is -7.38. The molecule has 0 bridgehead atoms. The van der Waals surface area contributed by atoms with Gasteiger partial charge in [0.25, 0.3) is 23.6 Å². The number of hydrogen-bond donors (Lipinski definition) is 12. The van der Waals surface area contributed by atoms with E-state index in [1.54, 1.807) is 72.8 Å². The molecule has 0 spiro atoms. The van der Waals surface area contributed by atoms with E-state index in [1.165, 1.54) is 24.3 Å². The normalized spacial score (nSPS) is 9.48. The number of amides is 4. The van der Waals surface area contributed by atoms with Crippen molar-refractivity contribution in [1.82, 2.24) is 21.3 Å². The van der Waals surface area contributed by atoms with Gasteiger partial charge in [-0.3, -0.25) is 38.4 Å². The summed E-state index contributed by atoms with van der Waals surface area (Å²) in [6, 6.07) is 25.9. The predicted molar refractivity (Wildman–Crippen MR) is 375 cm³/mol. The van der Waals surface area contributed by atoms with Crippen molar-refractivity contribution in [2.24, 2.45) is 5.92 Å². The second-order valence-corrected chi connectivity index (χ2v) is 22.1. The molecule has 0 aromatic heterocycles. The Kier molecular flexibility index (Phi) is 80.1. The molecule has 4 amide bonds. The molecule has 560 valence electrons. The molecule has 0 aliphatic carbocycles. The van der Waals surface area contributed by atoms with Crippen molar-refractivity contribution in [3.05, 3.63) is 119 Å². The summed E-state index contributed by atoms with van der Waals surface area (Å²) in [4.78, 5) is 116. The summed E-state index contributed by atoms with van der Waals surface area (Å²) in [7, 11) is 0. The smallest absolute Gasteiger partial charge is 0.870 e. The van der Waals surface area contributed by atoms with Crippen molar-refractivity contribution in [3.63, 3.8) is 0 Å². The van der Waals surface area contributed by atoms with Gasteiger partial charge in [0.2, 0.25) is 0 Å². The molecule has 26 nitrogen and oxygen atoms in total. The third-order valence-electron chi connectivity index (χ3n) is 14.4. The number of rotatable bonds is 45. The summed E-state index contributed by atoms with van der Waals surface area (Å²) in [5, 5.41) is 94.2. The molecule has 4 aromatic carbocycles. The van der Waals surface area contributed by atoms with E-state index in [1.807, 2.05) is 0 Å². The topological polar surface area (TPSA) is 482 Å². The monoisotopic (exact) mass is 1440 g/mol. The van der Waals surface area contributed by atoms with Gasteiger partial charge in [-0.05, 0) is 106 Å². The first-order valence-electron chi connectivity index (χ1n) is 32.5. The van der Waals surface area contributed by atoms with Crippen molar-refractivity contribution < 1.29 is 169 Å². The number of hydrogen-bond acceptors (Lipinski definition) is 17. The molecule has 0 aliphatic rings. The van der Waals surface area contributed by atoms with E-state index in [2.05, 4.69) is 21.3 Å². The van der Waals surface area contributed by atoms with Crippen molar-refractivity contribution in [1.29, 1.82) is 0 Å². The maximum Gasteiger partial charge on any atom is 1.00 e. The Morgan fingerprint density at radius 2 is 0.525 bits per heavy atom. The molecule has 0 unspecified atom stereocenters. The average Bonchev–Trinajstić information content (AvgIpc) is 0.953. The minimum absolute atomic E-state index is 0. The maximum absolute atomic E-state index is 11.8. The number of carbonyl (C=O) groups is 9. The van der Waals surface area contributed by atoms with Crippen LogP contribution in [0.25, 0.3) is 0 Å². The number of carboxylic acids is 5. The molecule has 0 saturated heterocycles. The number of para-hydroxylation sites is 4. The van der Waals surface area contributed by atoms with Crippen LogP contribution in [-0.4, -0.2) is 138 Å². The number of aromatic hydroxyl groups is 4. The standard InChI is InChI=1S/C18H25NO6.3C17H25NO4.CO2.3CH4.2Na.2H2O/c20-15-11-7-6-9-13(15)16(21)19-12-8-4-2-1-3-5-10-14(17(22)23)18(24)25;3*19-15-11-8-7-10-14(15)17(22)18-13-9-5-3-1-2-4-6-12-16(20)21;2-1-3;;;;;;;/h6-7,9,11,14,20H,1-5,8,10,12H2,(H,19,21)(H,22,23)(H,24,25);3*7-8,10-11,19H,1-6,9,12-13H2,(H,18,22)(H,20,21);;3*1H4;;;2*1H2/q;;;;;;;;2*+1;;/p-2. The van der Waals surface area contributed by atoms with Crippen LogP contribution in [0.5, 0.6) is 23.0 Å². The van der Waals surface area contributed by atoms with Gasteiger partial charge in [0.1, 0.15) is 23.0 Å². The third kappa shape index (κ3) is 61.0. The summed E-state index contributed by atoms with van der Waals surface area (Å²) in [5.41, 5.74) is 1.17. The summed E-state index contributed by atoms with van der Waals surface area (Å²) >= 11 is 0. The van der Waals surface area contributed by atoms with Gasteiger partial charge in [-0.1, -0.05) is 199 Å². The Balaban J connectivity index is -0.000000184. The molecule has 4 rings (SSSR count). The van der Waals surface area contributed by atoms with Gasteiger partial charge in [-0.25, -0.2) is 0 Å². The van der Waals surface area contributed by atoms with Crippen LogP contribution >= 0.6 is 0 Å². The number of carbonyl (C=O) groups excluding carboxylic acids is 7. The fourth-order valence-corrected chi connectivity index (χ4v) is 9.23. The van der Waals surface area contributed by atoms with Gasteiger partial charge in [-0.15, -0.1) is 0 Å². The first-order chi connectivity index (χ1) is 45.2. The molecule has 0 fully saturated rings. The van der Waals surface area contributed by atoms with E-state index in [0.717, 1.165) is 161 Å². The zero-order valence-electron chi connectivity index (χ0n) is 57.0. The molecule has 0 saturated carbocycles. The van der Waals surface area contributed by atoms with Crippen molar-refractivity contribution in [2.45, 2.75) is 221 Å². The van der Waals surface area contributed by atoms with Gasteiger partial charge in [-0.2, -0.15) is 9.59 Å². The van der Waals surface area contributed by atoms with Gasteiger partial charge in [0, 0.05) is 45.0 Å². The van der Waals surface area contributed by atoms with Crippen LogP contribution in [-0.2, 0) is 33.6 Å². The number of phenolic OH excluding ortho intramolecular Hbond substituents is 4. The zero-order chi connectivity index (χ0) is 70.0. The van der Waals surface area contributed by atoms with Crippen LogP contribution in [0.1, 0.15) is 263 Å². The van der Waals surface area contributed by atoms with E-state index in [9.17, 15) is 68.7 Å². The molecule has 101 heavy (non-hydrogen) atoms. The zero-order valence-corrected chi connectivity index (χ0v) is 61.0. The van der Waals surface area contributed by atoms with Crippen molar-refractivity contribution in [3.8, 4) is 23.0 Å². The largest absolute Gasteiger partial charge is 1.00 e. The van der Waals surface area contributed by atoms with Gasteiger partial charge >= 0.3 is 89.1 Å². The quantitative estimate of drug-likeness (QED) is 0.0145. The Morgan fingerprint density at radius 1 is 0.337 bits per heavy atom. The molecule has 0 aliphatic heterocycles. The van der Waals surface area contributed by atoms with E-state index < -0.39 is 35.8 Å². The Hall–Kier alpha value is -7.39. The Labute approximate surface area is 640 Å². The second kappa shape index (κ2) is 73.8. The van der Waals surface area contributed by atoms with Gasteiger partial charge < -0.3 is 83.0 Å². The van der Waals surface area contributed by atoms with E-state index >= 15 is 0 Å². The fourth-order valence-electron chi connectivity index (χ4n) is 9.23. The second-order valence-electron chi connectivity index (χ2n) is 22.1. The van der Waals surface area contributed by atoms with Crippen LogP contribution in [0.2, 0.25) is 0 Å². The van der Waals surface area contributed by atoms with Crippen LogP contribution in [0.3, 0.4) is 0 Å². The number of carboxylic acid groups (broad SMARTS) is 5. The van der Waals surface area contributed by atoms with Crippen molar-refractivity contribution >= 4 is 59.6 Å². The van der Waals surface area contributed by atoms with Crippen LogP contribution in [0, 0.1) is 5.92 Å². The van der Waals surface area contributed by atoms with Crippen LogP contribution in [0.15, 0.2) is 97.1 Å². The molecule has 0 heterocycles. The first-order valence-corrected chi connectivity index (χ1v) is 32.5. The molecule has 0 atom stereocenters. The number of nitrogens with one attached hydrogen (secondary N) is 4. The summed E-state index contributed by atoms with van der Waals surface area (Å²) in [6.07, 6.45) is 26.7. The van der Waals surface area contributed by atoms with Crippen LogP contribution in [0.4, 0.5) is 0 Å².